The molecule has 80 valence electrons. The summed E-state index contributed by atoms with van der Waals surface area (Å²) in [6.07, 6.45) is 9.09. The summed E-state index contributed by atoms with van der Waals surface area (Å²) >= 11 is 0. The van der Waals surface area contributed by atoms with Crippen molar-refractivity contribution in [1.82, 2.24) is 0 Å². The van der Waals surface area contributed by atoms with Crippen molar-refractivity contribution in [2.75, 3.05) is 7.11 Å². The van der Waals surface area contributed by atoms with Crippen LogP contribution in [0.4, 0.5) is 0 Å². The van der Waals surface area contributed by atoms with E-state index in [1.165, 1.54) is 7.11 Å². The minimum absolute atomic E-state index is 0.0226. The molecule has 15 heavy (non-hydrogen) atoms. The zero-order chi connectivity index (χ0) is 10.5. The lowest BCUT2D eigenvalue weighted by Crippen LogP contribution is -2.42. The molecule has 0 aromatic rings. The highest BCUT2D eigenvalue weighted by Crippen LogP contribution is 2.54. The number of allylic oxidation sites excluding steroid dienone is 1. The lowest BCUT2D eigenvalue weighted by atomic mass is 9.67. The summed E-state index contributed by atoms with van der Waals surface area (Å²) in [6, 6.07) is 0. The summed E-state index contributed by atoms with van der Waals surface area (Å²) in [5, 5.41) is 0. The van der Waals surface area contributed by atoms with Gasteiger partial charge < -0.3 is 9.47 Å². The van der Waals surface area contributed by atoms with Gasteiger partial charge in [0.1, 0.15) is 5.41 Å². The number of fused-ring (bicyclic) bond motifs is 5. The van der Waals surface area contributed by atoms with E-state index < -0.39 is 5.41 Å². The average Bonchev–Trinajstić information content (AvgIpc) is 2.88. The molecule has 0 N–H and O–H groups in total. The molecule has 2 bridgehead atoms. The molecular formula is C12H14O3. The third kappa shape index (κ3) is 0.965. The van der Waals surface area contributed by atoms with E-state index >= 15 is 0 Å². The fourth-order valence-corrected chi connectivity index (χ4v) is 3.07. The van der Waals surface area contributed by atoms with Crippen molar-refractivity contribution in [2.24, 2.45) is 5.41 Å². The summed E-state index contributed by atoms with van der Waals surface area (Å²) in [6.45, 7) is 0. The number of methoxy groups -OCH3 is 1. The lowest BCUT2D eigenvalue weighted by molar-refractivity contribution is -0.153. The molecule has 1 fully saturated rings. The van der Waals surface area contributed by atoms with Gasteiger partial charge in [0.05, 0.1) is 19.3 Å². The van der Waals surface area contributed by atoms with E-state index in [9.17, 15) is 4.79 Å². The highest BCUT2D eigenvalue weighted by atomic mass is 16.5. The van der Waals surface area contributed by atoms with Gasteiger partial charge in [-0.1, -0.05) is 18.2 Å². The van der Waals surface area contributed by atoms with Crippen molar-refractivity contribution >= 4 is 5.97 Å². The quantitative estimate of drug-likeness (QED) is 0.483. The Hall–Kier alpha value is -1.09. The minimum Gasteiger partial charge on any atom is -0.468 e. The molecule has 0 aromatic heterocycles. The summed E-state index contributed by atoms with van der Waals surface area (Å²) in [4.78, 5) is 12.0. The number of hydrogen-bond donors (Lipinski definition) is 0. The molecular weight excluding hydrogens is 192 g/mol. The number of hydrogen-bond acceptors (Lipinski definition) is 3. The number of rotatable bonds is 1. The van der Waals surface area contributed by atoms with Gasteiger partial charge >= 0.3 is 5.97 Å². The highest BCUT2D eigenvalue weighted by molar-refractivity contribution is 5.84. The molecule has 2 aliphatic heterocycles. The maximum absolute atomic E-state index is 12.0. The van der Waals surface area contributed by atoms with Gasteiger partial charge in [-0.05, 0) is 24.8 Å². The van der Waals surface area contributed by atoms with Gasteiger partial charge in [0.15, 0.2) is 0 Å². The lowest BCUT2D eigenvalue weighted by Gasteiger charge is -2.34. The number of carbonyl (C=O) groups is 1. The second kappa shape index (κ2) is 2.95. The molecule has 0 radical (unpaired) electrons. The first kappa shape index (κ1) is 9.16. The fourth-order valence-electron chi connectivity index (χ4n) is 3.07. The minimum atomic E-state index is -0.494. The zero-order valence-electron chi connectivity index (χ0n) is 8.73. The van der Waals surface area contributed by atoms with Crippen LogP contribution in [0.3, 0.4) is 0 Å². The van der Waals surface area contributed by atoms with Gasteiger partial charge in [-0.3, -0.25) is 4.79 Å². The standard InChI is InChI=1S/C12H14O3/c1-14-11(13)12-7-3-2-4-8(12)9-5-6-10(12)15-9/h4-6,9-10H,2-3,7H2,1H3/t9-,10+,12-/m0/s1. The van der Waals surface area contributed by atoms with Crippen LogP contribution in [0.1, 0.15) is 19.3 Å². The maximum atomic E-state index is 12.0. The molecule has 1 saturated heterocycles. The van der Waals surface area contributed by atoms with Gasteiger partial charge in [-0.2, -0.15) is 0 Å². The topological polar surface area (TPSA) is 35.5 Å². The molecule has 0 amide bonds. The van der Waals surface area contributed by atoms with E-state index in [0.29, 0.717) is 0 Å². The van der Waals surface area contributed by atoms with Crippen LogP contribution in [0, 0.1) is 5.41 Å². The van der Waals surface area contributed by atoms with E-state index in [0.717, 1.165) is 24.8 Å². The molecule has 3 atom stereocenters. The molecule has 0 spiro atoms. The van der Waals surface area contributed by atoms with Gasteiger partial charge in [0.2, 0.25) is 0 Å². The first-order valence-corrected chi connectivity index (χ1v) is 5.42. The fraction of sp³-hybridized carbons (Fsp3) is 0.583. The van der Waals surface area contributed by atoms with E-state index in [2.05, 4.69) is 6.08 Å². The van der Waals surface area contributed by atoms with Crippen LogP contribution in [0.25, 0.3) is 0 Å². The molecule has 3 rings (SSSR count). The second-order valence-corrected chi connectivity index (χ2v) is 4.38. The third-order valence-electron chi connectivity index (χ3n) is 3.75. The van der Waals surface area contributed by atoms with Crippen molar-refractivity contribution in [3.8, 4) is 0 Å². The monoisotopic (exact) mass is 206 g/mol. The first-order valence-electron chi connectivity index (χ1n) is 5.42. The maximum Gasteiger partial charge on any atom is 0.319 e. The van der Waals surface area contributed by atoms with Crippen LogP contribution >= 0.6 is 0 Å². The van der Waals surface area contributed by atoms with E-state index in [1.54, 1.807) is 0 Å². The Morgan fingerprint density at radius 3 is 3.27 bits per heavy atom. The normalized spacial score (nSPS) is 41.3. The van der Waals surface area contributed by atoms with Gasteiger partial charge in [0.25, 0.3) is 0 Å². The van der Waals surface area contributed by atoms with Crippen LogP contribution in [0.5, 0.6) is 0 Å². The second-order valence-electron chi connectivity index (χ2n) is 4.38. The summed E-state index contributed by atoms with van der Waals surface area (Å²) < 4.78 is 10.7. The Labute approximate surface area is 88.7 Å². The molecule has 0 aromatic carbocycles. The molecule has 1 aliphatic carbocycles. The molecule has 0 saturated carbocycles. The number of esters is 1. The smallest absolute Gasteiger partial charge is 0.319 e. The Morgan fingerprint density at radius 2 is 2.47 bits per heavy atom. The summed E-state index contributed by atoms with van der Waals surface area (Å²) in [7, 11) is 1.46. The third-order valence-corrected chi connectivity index (χ3v) is 3.75. The number of ether oxygens (including phenoxy) is 2. The zero-order valence-corrected chi connectivity index (χ0v) is 8.73. The van der Waals surface area contributed by atoms with Gasteiger partial charge in [-0.15, -0.1) is 0 Å². The van der Waals surface area contributed by atoms with Crippen LogP contribution in [-0.2, 0) is 14.3 Å². The van der Waals surface area contributed by atoms with Crippen molar-refractivity contribution in [3.05, 3.63) is 23.8 Å². The molecule has 2 heterocycles. The molecule has 0 unspecified atom stereocenters. The van der Waals surface area contributed by atoms with Crippen LogP contribution in [-0.4, -0.2) is 25.3 Å². The Kier molecular flexibility index (Phi) is 1.80. The van der Waals surface area contributed by atoms with Crippen molar-refractivity contribution < 1.29 is 14.3 Å². The molecule has 3 nitrogen and oxygen atoms in total. The van der Waals surface area contributed by atoms with Crippen LogP contribution in [0.2, 0.25) is 0 Å². The Bertz CT molecular complexity index is 369. The van der Waals surface area contributed by atoms with Crippen LogP contribution in [0.15, 0.2) is 23.8 Å². The van der Waals surface area contributed by atoms with Crippen molar-refractivity contribution in [3.63, 3.8) is 0 Å². The first-order chi connectivity index (χ1) is 7.29. The van der Waals surface area contributed by atoms with E-state index in [1.807, 2.05) is 12.2 Å². The number of carbonyl (C=O) groups excluding carboxylic acids is 1. The highest BCUT2D eigenvalue weighted by Gasteiger charge is 2.59. The summed E-state index contributed by atoms with van der Waals surface area (Å²) in [5.41, 5.74) is 0.639. The van der Waals surface area contributed by atoms with Gasteiger partial charge in [0, 0.05) is 0 Å². The Balaban J connectivity index is 2.11. The summed E-state index contributed by atoms with van der Waals surface area (Å²) in [5.74, 6) is -0.134. The van der Waals surface area contributed by atoms with E-state index in [-0.39, 0.29) is 18.2 Å². The largest absolute Gasteiger partial charge is 0.468 e. The predicted octanol–water partition coefficient (Wildman–Crippen LogP) is 1.59. The average molecular weight is 206 g/mol. The van der Waals surface area contributed by atoms with Gasteiger partial charge in [-0.25, -0.2) is 0 Å². The van der Waals surface area contributed by atoms with Crippen molar-refractivity contribution in [1.29, 1.82) is 0 Å². The van der Waals surface area contributed by atoms with Crippen LogP contribution < -0.4 is 0 Å². The Morgan fingerprint density at radius 1 is 1.60 bits per heavy atom. The molecule has 3 heteroatoms. The molecule has 3 aliphatic rings. The predicted molar refractivity (Wildman–Crippen MR) is 54.2 cm³/mol. The van der Waals surface area contributed by atoms with Crippen molar-refractivity contribution in [2.45, 2.75) is 31.5 Å². The SMILES string of the molecule is COC(=O)[C@@]12CCCC=C1[C@@H]1C=C[C@H]2O1. The van der Waals surface area contributed by atoms with E-state index in [4.69, 9.17) is 9.47 Å².